The van der Waals surface area contributed by atoms with Crippen LogP contribution in [0.4, 0.5) is 17.1 Å². The maximum atomic E-state index is 2.43. The van der Waals surface area contributed by atoms with Gasteiger partial charge in [-0.05, 0) is 116 Å². The van der Waals surface area contributed by atoms with Crippen LogP contribution in [0, 0.1) is 0 Å². The molecular formula is C55H40N2. The van der Waals surface area contributed by atoms with Crippen molar-refractivity contribution in [2.75, 3.05) is 4.90 Å². The zero-order valence-corrected chi connectivity index (χ0v) is 32.0. The molecule has 1 aliphatic carbocycles. The lowest BCUT2D eigenvalue weighted by Crippen LogP contribution is -2.16. The maximum Gasteiger partial charge on any atom is 0.0547 e. The number of aromatic nitrogens is 1. The van der Waals surface area contributed by atoms with Gasteiger partial charge in [0.1, 0.15) is 0 Å². The van der Waals surface area contributed by atoms with E-state index < -0.39 is 0 Å². The fourth-order valence-electron chi connectivity index (χ4n) is 9.28. The van der Waals surface area contributed by atoms with Crippen LogP contribution in [0.2, 0.25) is 0 Å². The Labute approximate surface area is 333 Å². The summed E-state index contributed by atoms with van der Waals surface area (Å²) >= 11 is 0. The molecular weight excluding hydrogens is 689 g/mol. The van der Waals surface area contributed by atoms with Gasteiger partial charge in [-0.15, -0.1) is 0 Å². The van der Waals surface area contributed by atoms with E-state index in [0.29, 0.717) is 0 Å². The van der Waals surface area contributed by atoms with Crippen LogP contribution in [-0.4, -0.2) is 4.57 Å². The molecule has 0 aliphatic heterocycles. The number of rotatable bonds is 6. The molecule has 0 N–H and O–H groups in total. The van der Waals surface area contributed by atoms with Crippen molar-refractivity contribution in [2.45, 2.75) is 19.3 Å². The number of nitrogens with zero attached hydrogens (tertiary/aromatic N) is 2. The van der Waals surface area contributed by atoms with Crippen molar-refractivity contribution in [2.24, 2.45) is 0 Å². The topological polar surface area (TPSA) is 8.17 Å². The van der Waals surface area contributed by atoms with E-state index in [-0.39, 0.29) is 5.41 Å². The number of anilines is 3. The zero-order chi connectivity index (χ0) is 38.1. The number of fused-ring (bicyclic) bond motifs is 7. The Morgan fingerprint density at radius 2 is 0.982 bits per heavy atom. The highest BCUT2D eigenvalue weighted by Crippen LogP contribution is 2.51. The fraction of sp³-hybridized carbons (Fsp3) is 0.0545. The molecule has 10 aromatic rings. The van der Waals surface area contributed by atoms with E-state index in [1.807, 2.05) is 0 Å². The number of benzene rings is 9. The first-order valence-electron chi connectivity index (χ1n) is 19.8. The van der Waals surface area contributed by atoms with Crippen LogP contribution >= 0.6 is 0 Å². The summed E-state index contributed by atoms with van der Waals surface area (Å²) in [6.07, 6.45) is 0. The summed E-state index contributed by atoms with van der Waals surface area (Å²) in [6.45, 7) is 4.71. The van der Waals surface area contributed by atoms with Gasteiger partial charge in [-0.2, -0.15) is 0 Å². The Balaban J connectivity index is 1.05. The van der Waals surface area contributed by atoms with Gasteiger partial charge >= 0.3 is 0 Å². The Kier molecular flexibility index (Phi) is 7.55. The molecule has 2 heteroatoms. The van der Waals surface area contributed by atoms with Gasteiger partial charge in [-0.25, -0.2) is 0 Å². The molecule has 0 fully saturated rings. The molecule has 270 valence electrons. The molecule has 0 atom stereocenters. The Morgan fingerprint density at radius 1 is 0.368 bits per heavy atom. The minimum atomic E-state index is -0.103. The first kappa shape index (κ1) is 33.2. The number of para-hydroxylation sites is 1. The van der Waals surface area contributed by atoms with Crippen molar-refractivity contribution in [3.8, 4) is 39.1 Å². The van der Waals surface area contributed by atoms with Crippen LogP contribution in [-0.2, 0) is 5.41 Å². The molecule has 2 nitrogen and oxygen atoms in total. The van der Waals surface area contributed by atoms with Gasteiger partial charge in [0.2, 0.25) is 0 Å². The first-order chi connectivity index (χ1) is 28.0. The largest absolute Gasteiger partial charge is 0.310 e. The highest BCUT2D eigenvalue weighted by atomic mass is 15.1. The van der Waals surface area contributed by atoms with E-state index in [4.69, 9.17) is 0 Å². The minimum absolute atomic E-state index is 0.103. The van der Waals surface area contributed by atoms with E-state index >= 15 is 0 Å². The lowest BCUT2D eigenvalue weighted by molar-refractivity contribution is 0.660. The second-order valence-corrected chi connectivity index (χ2v) is 15.8. The van der Waals surface area contributed by atoms with Gasteiger partial charge in [0.15, 0.2) is 0 Å². The lowest BCUT2D eigenvalue weighted by Gasteiger charge is -2.28. The molecule has 0 saturated heterocycles. The SMILES string of the molecule is CC1(C)c2ccccc2-c2ccc(N(c3cccc(-c4ccc5c6ccccc6n(-c6ccc(-c7ccccc7)cc6)c5c4)c3)c3ccc4ccccc4c3)cc21. The van der Waals surface area contributed by atoms with Gasteiger partial charge in [-0.1, -0.05) is 159 Å². The second-order valence-electron chi connectivity index (χ2n) is 15.8. The average molecular weight is 729 g/mol. The number of hydrogen-bond acceptors (Lipinski definition) is 1. The second kappa shape index (κ2) is 13.0. The summed E-state index contributed by atoms with van der Waals surface area (Å²) in [7, 11) is 0. The monoisotopic (exact) mass is 728 g/mol. The first-order valence-corrected chi connectivity index (χ1v) is 19.8. The van der Waals surface area contributed by atoms with Crippen molar-refractivity contribution in [3.05, 3.63) is 217 Å². The summed E-state index contributed by atoms with van der Waals surface area (Å²) in [6, 6.07) is 75.7. The summed E-state index contributed by atoms with van der Waals surface area (Å²) < 4.78 is 2.42. The Bertz CT molecular complexity index is 3150. The van der Waals surface area contributed by atoms with E-state index in [9.17, 15) is 0 Å². The molecule has 0 saturated carbocycles. The van der Waals surface area contributed by atoms with Crippen LogP contribution in [0.25, 0.3) is 71.6 Å². The van der Waals surface area contributed by atoms with Crippen LogP contribution in [0.15, 0.2) is 206 Å². The summed E-state index contributed by atoms with van der Waals surface area (Å²) in [5.74, 6) is 0. The van der Waals surface area contributed by atoms with Crippen molar-refractivity contribution < 1.29 is 0 Å². The van der Waals surface area contributed by atoms with Crippen molar-refractivity contribution in [3.63, 3.8) is 0 Å². The Morgan fingerprint density at radius 3 is 1.86 bits per heavy atom. The standard InChI is InChI=1S/C55H40N2/c1-55(2)51-21-10-8-19-47(51)48-32-30-46(36-52(48)55)56(45-29-25-38-15-6-7-16-40(38)33-45)44-18-12-17-41(34-44)42-26-31-50-49-20-9-11-22-53(49)57(54(50)35-42)43-27-23-39(24-28-43)37-13-4-3-5-14-37/h3-36H,1-2H3. The zero-order valence-electron chi connectivity index (χ0n) is 32.0. The van der Waals surface area contributed by atoms with E-state index in [0.717, 1.165) is 22.7 Å². The summed E-state index contributed by atoms with van der Waals surface area (Å²) in [5.41, 5.74) is 17.0. The highest BCUT2D eigenvalue weighted by Gasteiger charge is 2.35. The molecule has 0 radical (unpaired) electrons. The van der Waals surface area contributed by atoms with Crippen LogP contribution in [0.5, 0.6) is 0 Å². The molecule has 1 aromatic heterocycles. The van der Waals surface area contributed by atoms with Gasteiger partial charge in [0.05, 0.1) is 11.0 Å². The third-order valence-electron chi connectivity index (χ3n) is 12.2. The van der Waals surface area contributed by atoms with Crippen molar-refractivity contribution >= 4 is 49.6 Å². The third-order valence-corrected chi connectivity index (χ3v) is 12.2. The van der Waals surface area contributed by atoms with Crippen molar-refractivity contribution in [1.29, 1.82) is 0 Å². The molecule has 0 unspecified atom stereocenters. The van der Waals surface area contributed by atoms with Crippen LogP contribution in [0.3, 0.4) is 0 Å². The van der Waals surface area contributed by atoms with Crippen molar-refractivity contribution in [1.82, 2.24) is 4.57 Å². The predicted molar refractivity (Wildman–Crippen MR) is 241 cm³/mol. The van der Waals surface area contributed by atoms with Crippen LogP contribution in [0.1, 0.15) is 25.0 Å². The smallest absolute Gasteiger partial charge is 0.0547 e. The Hall–Kier alpha value is -7.16. The molecule has 1 aliphatic rings. The van der Waals surface area contributed by atoms with E-state index in [2.05, 4.69) is 230 Å². The van der Waals surface area contributed by atoms with E-state index in [1.54, 1.807) is 0 Å². The fourth-order valence-corrected chi connectivity index (χ4v) is 9.28. The minimum Gasteiger partial charge on any atom is -0.310 e. The van der Waals surface area contributed by atoms with Gasteiger partial charge in [0, 0.05) is 38.9 Å². The predicted octanol–water partition coefficient (Wildman–Crippen LogP) is 15.0. The quantitative estimate of drug-likeness (QED) is 0.165. The maximum absolute atomic E-state index is 2.43. The molecule has 1 heterocycles. The highest BCUT2D eigenvalue weighted by molar-refractivity contribution is 6.10. The molecule has 57 heavy (non-hydrogen) atoms. The normalized spacial score (nSPS) is 12.9. The average Bonchev–Trinajstić information content (AvgIpc) is 3.72. The van der Waals surface area contributed by atoms with Gasteiger partial charge < -0.3 is 9.47 Å². The van der Waals surface area contributed by atoms with Gasteiger partial charge in [-0.3, -0.25) is 0 Å². The molecule has 11 rings (SSSR count). The van der Waals surface area contributed by atoms with Gasteiger partial charge in [0.25, 0.3) is 0 Å². The lowest BCUT2D eigenvalue weighted by atomic mass is 9.82. The summed E-state index contributed by atoms with van der Waals surface area (Å²) in [4.78, 5) is 2.43. The molecule has 0 bridgehead atoms. The van der Waals surface area contributed by atoms with Crippen LogP contribution < -0.4 is 4.90 Å². The third kappa shape index (κ3) is 5.40. The summed E-state index contributed by atoms with van der Waals surface area (Å²) in [5, 5.41) is 4.96. The molecule has 0 amide bonds. The molecule has 0 spiro atoms. The molecule has 9 aromatic carbocycles. The van der Waals surface area contributed by atoms with E-state index in [1.165, 1.54) is 77.1 Å². The number of hydrogen-bond donors (Lipinski definition) is 0.